The van der Waals surface area contributed by atoms with Crippen LogP contribution >= 0.6 is 11.8 Å². The first-order valence-corrected chi connectivity index (χ1v) is 6.45. The quantitative estimate of drug-likeness (QED) is 0.753. The van der Waals surface area contributed by atoms with Crippen LogP contribution in [0.4, 0.5) is 0 Å². The Morgan fingerprint density at radius 3 is 2.54 bits per heavy atom. The lowest BCUT2D eigenvalue weighted by Gasteiger charge is -2.35. The monoisotopic (exact) mass is 201 g/mol. The summed E-state index contributed by atoms with van der Waals surface area (Å²) in [6.45, 7) is 10.3. The molecule has 0 aromatic heterocycles. The van der Waals surface area contributed by atoms with E-state index in [4.69, 9.17) is 0 Å². The second kappa shape index (κ2) is 4.70. The summed E-state index contributed by atoms with van der Waals surface area (Å²) in [7, 11) is 0. The maximum Gasteiger partial charge on any atom is 0.0234 e. The van der Waals surface area contributed by atoms with Crippen molar-refractivity contribution in [1.82, 2.24) is 5.32 Å². The molecule has 0 saturated carbocycles. The van der Waals surface area contributed by atoms with Crippen molar-refractivity contribution in [2.24, 2.45) is 5.41 Å². The average Bonchev–Trinajstić information content (AvgIpc) is 2.49. The van der Waals surface area contributed by atoms with Crippen molar-refractivity contribution in [2.45, 2.75) is 51.8 Å². The third-order valence-electron chi connectivity index (χ3n) is 2.69. The topological polar surface area (TPSA) is 12.0 Å². The lowest BCUT2D eigenvalue weighted by atomic mass is 9.83. The van der Waals surface area contributed by atoms with E-state index in [9.17, 15) is 0 Å². The summed E-state index contributed by atoms with van der Waals surface area (Å²) in [4.78, 5) is 0. The van der Waals surface area contributed by atoms with Gasteiger partial charge in [-0.25, -0.2) is 0 Å². The number of nitrogens with one attached hydrogen (secondary N) is 1. The molecule has 0 aliphatic carbocycles. The molecular weight excluding hydrogens is 178 g/mol. The van der Waals surface area contributed by atoms with Gasteiger partial charge in [-0.15, -0.1) is 0 Å². The van der Waals surface area contributed by atoms with Gasteiger partial charge in [0.1, 0.15) is 0 Å². The molecule has 13 heavy (non-hydrogen) atoms. The van der Waals surface area contributed by atoms with Gasteiger partial charge in [0.25, 0.3) is 0 Å². The van der Waals surface area contributed by atoms with Crippen molar-refractivity contribution < 1.29 is 0 Å². The minimum Gasteiger partial charge on any atom is -0.313 e. The van der Waals surface area contributed by atoms with Gasteiger partial charge in [-0.05, 0) is 30.6 Å². The molecule has 78 valence electrons. The number of thioether (sulfide) groups is 1. The molecule has 1 aliphatic rings. The van der Waals surface area contributed by atoms with Crippen LogP contribution in [-0.2, 0) is 0 Å². The van der Waals surface area contributed by atoms with Crippen molar-refractivity contribution in [3.05, 3.63) is 0 Å². The predicted molar refractivity (Wildman–Crippen MR) is 62.4 cm³/mol. The Labute approximate surface area is 87.1 Å². The van der Waals surface area contributed by atoms with Gasteiger partial charge in [0, 0.05) is 11.3 Å². The molecule has 0 spiro atoms. The van der Waals surface area contributed by atoms with Crippen LogP contribution < -0.4 is 5.32 Å². The highest BCUT2D eigenvalue weighted by Crippen LogP contribution is 2.35. The molecule has 2 atom stereocenters. The maximum atomic E-state index is 3.64. The lowest BCUT2D eigenvalue weighted by molar-refractivity contribution is 0.263. The zero-order chi connectivity index (χ0) is 9.90. The molecule has 1 N–H and O–H groups in total. The van der Waals surface area contributed by atoms with E-state index < -0.39 is 0 Å². The third kappa shape index (κ3) is 3.17. The summed E-state index contributed by atoms with van der Waals surface area (Å²) < 4.78 is 0. The molecule has 0 amide bonds. The van der Waals surface area contributed by atoms with Gasteiger partial charge in [0.15, 0.2) is 0 Å². The number of hydrogen-bond acceptors (Lipinski definition) is 2. The van der Waals surface area contributed by atoms with Crippen molar-refractivity contribution in [3.8, 4) is 0 Å². The molecule has 2 heteroatoms. The highest BCUT2D eigenvalue weighted by Gasteiger charge is 2.33. The number of rotatable bonds is 3. The van der Waals surface area contributed by atoms with Crippen LogP contribution in [0.2, 0.25) is 0 Å². The maximum absolute atomic E-state index is 3.64. The largest absolute Gasteiger partial charge is 0.313 e. The molecule has 1 heterocycles. The van der Waals surface area contributed by atoms with Gasteiger partial charge in [-0.2, -0.15) is 11.8 Å². The minimum absolute atomic E-state index is 0.401. The van der Waals surface area contributed by atoms with E-state index >= 15 is 0 Å². The molecule has 0 bridgehead atoms. The first-order chi connectivity index (χ1) is 6.05. The van der Waals surface area contributed by atoms with E-state index in [0.717, 1.165) is 11.8 Å². The van der Waals surface area contributed by atoms with E-state index in [1.54, 1.807) is 0 Å². The standard InChI is InChI=1S/C11H23NS/c1-5-12-10(11(2,3)4)9-7-6-8-13-9/h9-10,12H,5-8H2,1-4H3. The number of hydrogen-bond donors (Lipinski definition) is 1. The minimum atomic E-state index is 0.401. The van der Waals surface area contributed by atoms with Crippen LogP contribution in [0.1, 0.15) is 40.5 Å². The molecule has 1 saturated heterocycles. The Bertz CT molecular complexity index is 145. The Morgan fingerprint density at radius 2 is 2.15 bits per heavy atom. The molecule has 1 fully saturated rings. The third-order valence-corrected chi connectivity index (χ3v) is 4.15. The van der Waals surface area contributed by atoms with Crippen molar-refractivity contribution in [3.63, 3.8) is 0 Å². The summed E-state index contributed by atoms with van der Waals surface area (Å²) in [5.41, 5.74) is 0.401. The Balaban J connectivity index is 2.55. The second-order valence-electron chi connectivity index (χ2n) is 4.95. The summed E-state index contributed by atoms with van der Waals surface area (Å²) in [6.07, 6.45) is 2.81. The molecule has 1 nitrogen and oxygen atoms in total. The Hall–Kier alpha value is 0.310. The Morgan fingerprint density at radius 1 is 1.46 bits per heavy atom. The van der Waals surface area contributed by atoms with E-state index in [1.807, 2.05) is 0 Å². The van der Waals surface area contributed by atoms with Gasteiger partial charge in [-0.3, -0.25) is 0 Å². The highest BCUT2D eigenvalue weighted by atomic mass is 32.2. The summed E-state index contributed by atoms with van der Waals surface area (Å²) in [5.74, 6) is 1.36. The van der Waals surface area contributed by atoms with E-state index in [-0.39, 0.29) is 0 Å². The summed E-state index contributed by atoms with van der Waals surface area (Å²) in [5, 5.41) is 4.49. The fourth-order valence-corrected chi connectivity index (χ4v) is 3.75. The SMILES string of the molecule is CCNC(C1CCCS1)C(C)(C)C. The van der Waals surface area contributed by atoms with Gasteiger partial charge in [0.2, 0.25) is 0 Å². The second-order valence-corrected chi connectivity index (χ2v) is 6.30. The molecule has 0 radical (unpaired) electrons. The van der Waals surface area contributed by atoms with E-state index in [1.165, 1.54) is 18.6 Å². The van der Waals surface area contributed by atoms with Crippen LogP contribution in [0, 0.1) is 5.41 Å². The van der Waals surface area contributed by atoms with Crippen molar-refractivity contribution in [1.29, 1.82) is 0 Å². The fourth-order valence-electron chi connectivity index (χ4n) is 2.08. The van der Waals surface area contributed by atoms with Gasteiger partial charge >= 0.3 is 0 Å². The first-order valence-electron chi connectivity index (χ1n) is 5.40. The van der Waals surface area contributed by atoms with Crippen LogP contribution in [-0.4, -0.2) is 23.6 Å². The fraction of sp³-hybridized carbons (Fsp3) is 1.00. The molecule has 1 aliphatic heterocycles. The van der Waals surface area contributed by atoms with Crippen LogP contribution in [0.25, 0.3) is 0 Å². The van der Waals surface area contributed by atoms with Crippen molar-refractivity contribution in [2.75, 3.05) is 12.3 Å². The van der Waals surface area contributed by atoms with Gasteiger partial charge in [0.05, 0.1) is 0 Å². The van der Waals surface area contributed by atoms with E-state index in [2.05, 4.69) is 44.8 Å². The predicted octanol–water partition coefficient (Wildman–Crippen LogP) is 2.91. The molecule has 0 aromatic carbocycles. The average molecular weight is 201 g/mol. The molecule has 1 rings (SSSR count). The van der Waals surface area contributed by atoms with Crippen molar-refractivity contribution >= 4 is 11.8 Å². The van der Waals surface area contributed by atoms with Gasteiger partial charge in [-0.1, -0.05) is 27.7 Å². The first kappa shape index (κ1) is 11.4. The molecule has 0 aromatic rings. The zero-order valence-electron chi connectivity index (χ0n) is 9.39. The van der Waals surface area contributed by atoms with Gasteiger partial charge < -0.3 is 5.32 Å². The smallest absolute Gasteiger partial charge is 0.0234 e. The molecular formula is C11H23NS. The van der Waals surface area contributed by atoms with Crippen LogP contribution in [0.15, 0.2) is 0 Å². The summed E-state index contributed by atoms with van der Waals surface area (Å²) in [6, 6.07) is 0.685. The molecule has 2 unspecified atom stereocenters. The zero-order valence-corrected chi connectivity index (χ0v) is 10.2. The highest BCUT2D eigenvalue weighted by molar-refractivity contribution is 8.00. The van der Waals surface area contributed by atoms with Crippen LogP contribution in [0.5, 0.6) is 0 Å². The van der Waals surface area contributed by atoms with E-state index in [0.29, 0.717) is 11.5 Å². The Kier molecular flexibility index (Phi) is 4.11. The summed E-state index contributed by atoms with van der Waals surface area (Å²) >= 11 is 2.15. The lowest BCUT2D eigenvalue weighted by Crippen LogP contribution is -2.46. The van der Waals surface area contributed by atoms with Crippen LogP contribution in [0.3, 0.4) is 0 Å². The normalized spacial score (nSPS) is 26.3.